The van der Waals surface area contributed by atoms with E-state index >= 15 is 0 Å². The molecule has 0 saturated heterocycles. The summed E-state index contributed by atoms with van der Waals surface area (Å²) in [5, 5.41) is 21.9. The number of carbonyl (C=O) groups excluding carboxylic acids is 1. The van der Waals surface area contributed by atoms with Crippen LogP contribution in [-0.2, 0) is 4.79 Å². The predicted octanol–water partition coefficient (Wildman–Crippen LogP) is -0.351. The third-order valence-corrected chi connectivity index (χ3v) is 1.66. The van der Waals surface area contributed by atoms with Crippen LogP contribution in [0.4, 0.5) is 10.5 Å². The van der Waals surface area contributed by atoms with Crippen molar-refractivity contribution in [2.45, 2.75) is 6.10 Å². The Hall–Kier alpha value is -2.15. The third kappa shape index (κ3) is 3.93. The van der Waals surface area contributed by atoms with Gasteiger partial charge < -0.3 is 20.8 Å². The van der Waals surface area contributed by atoms with Crippen LogP contribution in [0.1, 0.15) is 0 Å². The van der Waals surface area contributed by atoms with Crippen LogP contribution in [-0.4, -0.2) is 39.8 Å². The van der Waals surface area contributed by atoms with Gasteiger partial charge in [0.25, 0.3) is 0 Å². The molecule has 0 fully saturated rings. The summed E-state index contributed by atoms with van der Waals surface area (Å²) in [5.74, 6) is -1.39. The molecule has 1 aromatic heterocycles. The van der Waals surface area contributed by atoms with E-state index < -0.39 is 18.1 Å². The lowest BCUT2D eigenvalue weighted by Crippen LogP contribution is -2.38. The Morgan fingerprint density at radius 3 is 2.81 bits per heavy atom. The highest BCUT2D eigenvalue weighted by Gasteiger charge is 2.13. The van der Waals surface area contributed by atoms with Gasteiger partial charge in [-0.25, -0.2) is 9.59 Å². The van der Waals surface area contributed by atoms with Crippen molar-refractivity contribution in [1.82, 2.24) is 10.3 Å². The third-order valence-electron chi connectivity index (χ3n) is 1.66. The van der Waals surface area contributed by atoms with Gasteiger partial charge in [-0.2, -0.15) is 0 Å². The molecule has 1 heterocycles. The summed E-state index contributed by atoms with van der Waals surface area (Å²) in [6, 6.07) is 2.66. The van der Waals surface area contributed by atoms with E-state index in [1.54, 1.807) is 18.3 Å². The molecule has 0 spiro atoms. The highest BCUT2D eigenvalue weighted by molar-refractivity contribution is 5.89. The Kier molecular flexibility index (Phi) is 4.22. The maximum Gasteiger partial charge on any atom is 0.334 e. The Bertz CT molecular complexity index is 368. The fourth-order valence-corrected chi connectivity index (χ4v) is 0.889. The first-order valence-electron chi connectivity index (χ1n) is 4.45. The molecular formula is C9H11N3O4. The molecule has 0 aliphatic rings. The number of aliphatic hydroxyl groups is 1. The summed E-state index contributed by atoms with van der Waals surface area (Å²) in [5.41, 5.74) is 0.477. The minimum absolute atomic E-state index is 0.360. The topological polar surface area (TPSA) is 112 Å². The number of anilines is 1. The second kappa shape index (κ2) is 5.66. The number of carbonyl (C=O) groups is 2. The fraction of sp³-hybridized carbons (Fsp3) is 0.222. The second-order valence-corrected chi connectivity index (χ2v) is 2.93. The molecule has 1 atom stereocenters. The maximum atomic E-state index is 11.2. The molecule has 0 aromatic carbocycles. The van der Waals surface area contributed by atoms with Crippen molar-refractivity contribution in [2.24, 2.45) is 0 Å². The van der Waals surface area contributed by atoms with Crippen LogP contribution in [0, 0.1) is 0 Å². The molecule has 86 valence electrons. The van der Waals surface area contributed by atoms with E-state index in [9.17, 15) is 9.59 Å². The fourth-order valence-electron chi connectivity index (χ4n) is 0.889. The Labute approximate surface area is 91.1 Å². The number of hydrogen-bond donors (Lipinski definition) is 4. The number of nitrogens with zero attached hydrogens (tertiary/aromatic N) is 1. The molecule has 0 aliphatic carbocycles. The lowest BCUT2D eigenvalue weighted by atomic mass is 10.3. The number of rotatable bonds is 4. The first-order chi connectivity index (χ1) is 7.59. The molecule has 0 unspecified atom stereocenters. The molecule has 0 saturated carbocycles. The van der Waals surface area contributed by atoms with Crippen LogP contribution in [0.5, 0.6) is 0 Å². The number of amides is 2. The largest absolute Gasteiger partial charge is 0.479 e. The SMILES string of the molecule is O=C(NC[C@H](O)C(=O)O)Nc1cccnc1. The van der Waals surface area contributed by atoms with Gasteiger partial charge >= 0.3 is 12.0 Å². The van der Waals surface area contributed by atoms with Gasteiger partial charge in [0.05, 0.1) is 18.4 Å². The molecule has 7 nitrogen and oxygen atoms in total. The summed E-state index contributed by atoms with van der Waals surface area (Å²) in [6.07, 6.45) is 1.38. The van der Waals surface area contributed by atoms with Gasteiger partial charge in [0, 0.05) is 6.20 Å². The number of urea groups is 1. The molecular weight excluding hydrogens is 214 g/mol. The lowest BCUT2D eigenvalue weighted by molar-refractivity contribution is -0.146. The zero-order chi connectivity index (χ0) is 12.0. The van der Waals surface area contributed by atoms with E-state index in [4.69, 9.17) is 10.2 Å². The van der Waals surface area contributed by atoms with Crippen LogP contribution in [0.3, 0.4) is 0 Å². The zero-order valence-electron chi connectivity index (χ0n) is 8.25. The summed E-state index contributed by atoms with van der Waals surface area (Å²) >= 11 is 0. The van der Waals surface area contributed by atoms with Crippen LogP contribution >= 0.6 is 0 Å². The smallest absolute Gasteiger partial charge is 0.334 e. The van der Waals surface area contributed by atoms with Crippen molar-refractivity contribution in [3.8, 4) is 0 Å². The molecule has 0 radical (unpaired) electrons. The quantitative estimate of drug-likeness (QED) is 0.559. The average molecular weight is 225 g/mol. The molecule has 0 aliphatic heterocycles. The number of nitrogens with one attached hydrogen (secondary N) is 2. The number of carboxylic acid groups (broad SMARTS) is 1. The molecule has 7 heteroatoms. The van der Waals surface area contributed by atoms with Gasteiger partial charge in [-0.05, 0) is 12.1 Å². The average Bonchev–Trinajstić information content (AvgIpc) is 2.27. The minimum atomic E-state index is -1.61. The van der Waals surface area contributed by atoms with Crippen LogP contribution in [0.2, 0.25) is 0 Å². The minimum Gasteiger partial charge on any atom is -0.479 e. The van der Waals surface area contributed by atoms with E-state index in [1.165, 1.54) is 6.20 Å². The first-order valence-corrected chi connectivity index (χ1v) is 4.45. The number of aliphatic hydroxyl groups excluding tert-OH is 1. The van der Waals surface area contributed by atoms with E-state index in [0.29, 0.717) is 5.69 Å². The maximum absolute atomic E-state index is 11.2. The molecule has 1 aromatic rings. The van der Waals surface area contributed by atoms with E-state index in [0.717, 1.165) is 0 Å². The van der Waals surface area contributed by atoms with Crippen LogP contribution in [0.15, 0.2) is 24.5 Å². The van der Waals surface area contributed by atoms with Gasteiger partial charge in [0.2, 0.25) is 0 Å². The Morgan fingerprint density at radius 2 is 2.25 bits per heavy atom. The van der Waals surface area contributed by atoms with E-state index in [1.807, 2.05) is 0 Å². The van der Waals surface area contributed by atoms with Crippen molar-refractivity contribution >= 4 is 17.7 Å². The first kappa shape index (κ1) is 11.9. The highest BCUT2D eigenvalue weighted by Crippen LogP contribution is 2.01. The molecule has 2 amide bonds. The van der Waals surface area contributed by atoms with Crippen LogP contribution < -0.4 is 10.6 Å². The number of carboxylic acids is 1. The van der Waals surface area contributed by atoms with Crippen molar-refractivity contribution in [1.29, 1.82) is 0 Å². The van der Waals surface area contributed by atoms with Gasteiger partial charge in [0.15, 0.2) is 6.10 Å². The Morgan fingerprint density at radius 1 is 1.50 bits per heavy atom. The number of hydrogen-bond acceptors (Lipinski definition) is 4. The summed E-state index contributed by atoms with van der Waals surface area (Å²) in [4.78, 5) is 25.2. The molecule has 16 heavy (non-hydrogen) atoms. The summed E-state index contributed by atoms with van der Waals surface area (Å²) < 4.78 is 0. The number of aliphatic carboxylic acids is 1. The molecule has 4 N–H and O–H groups in total. The van der Waals surface area contributed by atoms with Gasteiger partial charge in [-0.3, -0.25) is 4.98 Å². The zero-order valence-corrected chi connectivity index (χ0v) is 8.25. The normalized spacial score (nSPS) is 11.6. The second-order valence-electron chi connectivity index (χ2n) is 2.93. The monoisotopic (exact) mass is 225 g/mol. The van der Waals surface area contributed by atoms with Crippen molar-refractivity contribution < 1.29 is 19.8 Å². The van der Waals surface area contributed by atoms with Crippen molar-refractivity contribution in [3.63, 3.8) is 0 Å². The van der Waals surface area contributed by atoms with Gasteiger partial charge in [-0.15, -0.1) is 0 Å². The predicted molar refractivity (Wildman–Crippen MR) is 54.9 cm³/mol. The molecule has 1 rings (SSSR count). The van der Waals surface area contributed by atoms with Crippen molar-refractivity contribution in [2.75, 3.05) is 11.9 Å². The summed E-state index contributed by atoms with van der Waals surface area (Å²) in [6.45, 7) is -0.360. The van der Waals surface area contributed by atoms with Gasteiger partial charge in [-0.1, -0.05) is 0 Å². The Balaban J connectivity index is 2.35. The lowest BCUT2D eigenvalue weighted by Gasteiger charge is -2.08. The standard InChI is InChI=1S/C9H11N3O4/c13-7(8(14)15)5-11-9(16)12-6-2-1-3-10-4-6/h1-4,7,13H,5H2,(H,14,15)(H2,11,12,16)/t7-/m0/s1. The van der Waals surface area contributed by atoms with Crippen molar-refractivity contribution in [3.05, 3.63) is 24.5 Å². The summed E-state index contributed by atoms with van der Waals surface area (Å²) in [7, 11) is 0. The highest BCUT2D eigenvalue weighted by atomic mass is 16.4. The van der Waals surface area contributed by atoms with Gasteiger partial charge in [0.1, 0.15) is 0 Å². The van der Waals surface area contributed by atoms with E-state index in [2.05, 4.69) is 15.6 Å². The van der Waals surface area contributed by atoms with Crippen LogP contribution in [0.25, 0.3) is 0 Å². The molecule has 0 bridgehead atoms. The number of pyridine rings is 1. The van der Waals surface area contributed by atoms with E-state index in [-0.39, 0.29) is 6.54 Å². The number of aromatic nitrogens is 1.